The van der Waals surface area contributed by atoms with E-state index in [9.17, 15) is 27.6 Å². The fourth-order valence-corrected chi connectivity index (χ4v) is 9.31. The molecule has 1 saturated heterocycles. The van der Waals surface area contributed by atoms with Gasteiger partial charge in [-0.05, 0) is 104 Å². The molecule has 0 bridgehead atoms. The zero-order valence-corrected chi connectivity index (χ0v) is 35.6. The van der Waals surface area contributed by atoms with Crippen molar-refractivity contribution in [2.75, 3.05) is 6.54 Å². The van der Waals surface area contributed by atoms with E-state index in [4.69, 9.17) is 25.8 Å². The Morgan fingerprint density at radius 1 is 1.11 bits per heavy atom. The molecule has 4 amide bonds. The van der Waals surface area contributed by atoms with Gasteiger partial charge in [0.25, 0.3) is 5.91 Å². The average molecular weight is 830 g/mol. The van der Waals surface area contributed by atoms with Crippen LogP contribution in [0.2, 0.25) is 5.02 Å². The molecule has 1 aromatic carbocycles. The molecule has 0 radical (unpaired) electrons. The summed E-state index contributed by atoms with van der Waals surface area (Å²) in [4.78, 5) is 62.7. The molecule has 3 N–H and O–H groups in total. The van der Waals surface area contributed by atoms with E-state index in [-0.39, 0.29) is 49.1 Å². The molecule has 14 nitrogen and oxygen atoms in total. The lowest BCUT2D eigenvalue weighted by Gasteiger charge is -2.33. The Bertz CT molecular complexity index is 2050. The van der Waals surface area contributed by atoms with Crippen LogP contribution < -0.4 is 24.8 Å². The Labute approximate surface area is 340 Å². The van der Waals surface area contributed by atoms with Crippen LogP contribution in [0.5, 0.6) is 11.8 Å². The summed E-state index contributed by atoms with van der Waals surface area (Å²) in [6, 6.07) is 4.79. The van der Waals surface area contributed by atoms with E-state index in [1.54, 1.807) is 52.0 Å². The molecule has 16 heteroatoms. The number of aromatic nitrogens is 1. The molecule has 6 rings (SSSR count). The van der Waals surface area contributed by atoms with Crippen molar-refractivity contribution in [3.8, 4) is 11.8 Å². The van der Waals surface area contributed by atoms with E-state index in [2.05, 4.69) is 27.3 Å². The van der Waals surface area contributed by atoms with Gasteiger partial charge in [-0.1, -0.05) is 43.7 Å². The number of sulfonamides is 1. The summed E-state index contributed by atoms with van der Waals surface area (Å²) in [6.07, 6.45) is 5.10. The number of hydrogen-bond donors (Lipinski definition) is 3. The van der Waals surface area contributed by atoms with Gasteiger partial charge in [0.1, 0.15) is 29.3 Å². The number of carbonyl (C=O) groups excluding carboxylic acids is 4. The van der Waals surface area contributed by atoms with E-state index < -0.39 is 73.8 Å². The lowest BCUT2D eigenvalue weighted by atomic mass is 9.88. The van der Waals surface area contributed by atoms with Gasteiger partial charge in [-0.15, -0.1) is 0 Å². The quantitative estimate of drug-likeness (QED) is 0.275. The van der Waals surface area contributed by atoms with E-state index in [1.807, 2.05) is 32.9 Å². The van der Waals surface area contributed by atoms with Crippen LogP contribution in [0.15, 0.2) is 36.4 Å². The van der Waals surface area contributed by atoms with Gasteiger partial charge >= 0.3 is 6.09 Å². The number of benzene rings is 1. The molecule has 7 unspecified atom stereocenters. The third-order valence-electron chi connectivity index (χ3n) is 11.3. The summed E-state index contributed by atoms with van der Waals surface area (Å²) in [5.74, 6) is -2.21. The second-order valence-corrected chi connectivity index (χ2v) is 20.5. The average Bonchev–Trinajstić information content (AvgIpc) is 3.98. The van der Waals surface area contributed by atoms with Crippen LogP contribution in [0.3, 0.4) is 0 Å². The molecule has 2 aliphatic heterocycles. The van der Waals surface area contributed by atoms with E-state index in [0.29, 0.717) is 41.5 Å². The molecule has 3 fully saturated rings. The molecule has 3 heterocycles. The second kappa shape index (κ2) is 15.9. The summed E-state index contributed by atoms with van der Waals surface area (Å²) < 4.78 is 45.7. The molecule has 2 saturated carbocycles. The minimum atomic E-state index is -4.02. The standard InChI is InChI=1S/C41H56ClN5O9S/c1-23(2)54-32-20-29-28(14-11-15-30(29)42)35(43-32)55-27-19-31-34(48)45-41(37(50)46-57(52,53)40(8)16-17-40)21-26(41)13-10-9-12-24(3)18-25(4)33(36(49)47(31)22-27)44-38(51)56-39(5,6)7/h10-11,13-15,20,23-27,31,33H,9,12,16-19,21-22H2,1-8H3,(H,44,51)(H,45,48)(H,46,50). The van der Waals surface area contributed by atoms with E-state index in [1.165, 1.54) is 4.90 Å². The highest BCUT2D eigenvalue weighted by Crippen LogP contribution is 2.48. The predicted octanol–water partition coefficient (Wildman–Crippen LogP) is 5.80. The molecule has 7 atom stereocenters. The van der Waals surface area contributed by atoms with Crippen LogP contribution in [0, 0.1) is 17.8 Å². The van der Waals surface area contributed by atoms with Crippen molar-refractivity contribution in [2.45, 2.75) is 141 Å². The first-order chi connectivity index (χ1) is 26.6. The van der Waals surface area contributed by atoms with Crippen molar-refractivity contribution >= 4 is 56.2 Å². The highest BCUT2D eigenvalue weighted by atomic mass is 35.5. The van der Waals surface area contributed by atoms with Crippen LogP contribution in [0.4, 0.5) is 4.79 Å². The minimum Gasteiger partial charge on any atom is -0.475 e. The monoisotopic (exact) mass is 829 g/mol. The van der Waals surface area contributed by atoms with Crippen molar-refractivity contribution < 1.29 is 41.8 Å². The summed E-state index contributed by atoms with van der Waals surface area (Å²) >= 11 is 6.60. The van der Waals surface area contributed by atoms with E-state index in [0.717, 1.165) is 6.42 Å². The van der Waals surface area contributed by atoms with Crippen LogP contribution in [0.1, 0.15) is 100 Å². The van der Waals surface area contributed by atoms with Crippen LogP contribution in [-0.2, 0) is 29.1 Å². The Morgan fingerprint density at radius 3 is 2.49 bits per heavy atom. The summed E-state index contributed by atoms with van der Waals surface area (Å²) in [5.41, 5.74) is -2.39. The normalized spacial score (nSPS) is 29.0. The number of carbonyl (C=O) groups is 4. The third kappa shape index (κ3) is 9.45. The molecule has 1 aromatic heterocycles. The Morgan fingerprint density at radius 2 is 1.82 bits per heavy atom. The first-order valence-corrected chi connectivity index (χ1v) is 21.8. The number of ether oxygens (including phenoxy) is 3. The number of rotatable bonds is 8. The SMILES string of the molecule is CC1CCC=CC2CC2(C(=O)NS(=O)(=O)C2(C)CC2)NC(=O)C2CC(Oc3nc(OC(C)C)cc4c(Cl)cccc34)CN2C(=O)C(NC(=O)OC(C)(C)C)C(C)C1. The van der Waals surface area contributed by atoms with Gasteiger partial charge in [-0.3, -0.25) is 19.1 Å². The smallest absolute Gasteiger partial charge is 0.408 e. The maximum Gasteiger partial charge on any atom is 0.408 e. The number of alkyl carbamates (subject to hydrolysis) is 1. The summed E-state index contributed by atoms with van der Waals surface area (Å²) in [6.45, 7) is 14.4. The van der Waals surface area contributed by atoms with Gasteiger partial charge in [0.15, 0.2) is 0 Å². The van der Waals surface area contributed by atoms with Crippen LogP contribution in [-0.4, -0.2) is 88.8 Å². The molecular weight excluding hydrogens is 774 g/mol. The molecule has 2 aliphatic carbocycles. The minimum absolute atomic E-state index is 0.00487. The van der Waals surface area contributed by atoms with Crippen molar-refractivity contribution in [1.82, 2.24) is 25.2 Å². The Hall–Kier alpha value is -4.11. The first-order valence-electron chi connectivity index (χ1n) is 19.9. The Kier molecular flexibility index (Phi) is 11.9. The van der Waals surface area contributed by atoms with Crippen LogP contribution >= 0.6 is 11.6 Å². The number of fused-ring (bicyclic) bond motifs is 3. The number of hydrogen-bond acceptors (Lipinski definition) is 10. The zero-order valence-electron chi connectivity index (χ0n) is 34.0. The number of nitrogens with zero attached hydrogens (tertiary/aromatic N) is 2. The van der Waals surface area contributed by atoms with Gasteiger partial charge in [0, 0.05) is 34.2 Å². The highest BCUT2D eigenvalue weighted by Gasteiger charge is 2.63. The predicted molar refractivity (Wildman–Crippen MR) is 215 cm³/mol. The van der Waals surface area contributed by atoms with Gasteiger partial charge in [-0.2, -0.15) is 4.98 Å². The van der Waals surface area contributed by atoms with E-state index >= 15 is 0 Å². The van der Waals surface area contributed by atoms with Gasteiger partial charge < -0.3 is 29.7 Å². The number of nitrogens with one attached hydrogen (secondary N) is 3. The van der Waals surface area contributed by atoms with Gasteiger partial charge in [-0.25, -0.2) is 13.2 Å². The van der Waals surface area contributed by atoms with Crippen molar-refractivity contribution in [3.63, 3.8) is 0 Å². The molecule has 4 aliphatic rings. The third-order valence-corrected chi connectivity index (χ3v) is 13.8. The first kappa shape index (κ1) is 42.5. The number of pyridine rings is 1. The number of amides is 4. The topological polar surface area (TPSA) is 182 Å². The summed E-state index contributed by atoms with van der Waals surface area (Å²) in [7, 11) is -4.02. The fourth-order valence-electron chi connectivity index (χ4n) is 7.77. The molecule has 312 valence electrons. The van der Waals surface area contributed by atoms with Gasteiger partial charge in [0.2, 0.25) is 33.6 Å². The van der Waals surface area contributed by atoms with Crippen molar-refractivity contribution in [3.05, 3.63) is 41.4 Å². The number of allylic oxidation sites excluding steroid dienone is 1. The molecule has 57 heavy (non-hydrogen) atoms. The lowest BCUT2D eigenvalue weighted by molar-refractivity contribution is -0.142. The van der Waals surface area contributed by atoms with Crippen molar-refractivity contribution in [1.29, 1.82) is 0 Å². The maximum absolute atomic E-state index is 14.9. The Balaban J connectivity index is 1.37. The number of halogens is 1. The highest BCUT2D eigenvalue weighted by molar-refractivity contribution is 7.91. The molecule has 2 aromatic rings. The largest absolute Gasteiger partial charge is 0.475 e. The van der Waals surface area contributed by atoms with Crippen molar-refractivity contribution in [2.24, 2.45) is 17.8 Å². The second-order valence-electron chi connectivity index (χ2n) is 17.9. The molecule has 0 spiro atoms. The zero-order chi connectivity index (χ0) is 41.7. The summed E-state index contributed by atoms with van der Waals surface area (Å²) in [5, 5.41) is 7.40. The fraction of sp³-hybridized carbons (Fsp3) is 0.634. The lowest BCUT2D eigenvalue weighted by Crippen LogP contribution is -2.59. The maximum atomic E-state index is 14.9. The molecular formula is C41H56ClN5O9S. The van der Waals surface area contributed by atoms with Crippen LogP contribution in [0.25, 0.3) is 10.8 Å². The van der Waals surface area contributed by atoms with Gasteiger partial charge in [0.05, 0.1) is 17.4 Å².